The van der Waals surface area contributed by atoms with E-state index in [2.05, 4.69) is 22.9 Å². The van der Waals surface area contributed by atoms with Crippen LogP contribution in [-0.2, 0) is 14.3 Å². The molecule has 32 heavy (non-hydrogen) atoms. The van der Waals surface area contributed by atoms with Gasteiger partial charge in [0.05, 0.1) is 19.2 Å². The van der Waals surface area contributed by atoms with Crippen molar-refractivity contribution in [1.29, 1.82) is 5.26 Å². The number of amides is 2. The fourth-order valence-electron chi connectivity index (χ4n) is 4.15. The Morgan fingerprint density at radius 1 is 1.25 bits per heavy atom. The Labute approximate surface area is 191 Å². The van der Waals surface area contributed by atoms with Crippen molar-refractivity contribution in [2.24, 2.45) is 0 Å². The lowest BCUT2D eigenvalue weighted by molar-refractivity contribution is -0.129. The summed E-state index contributed by atoms with van der Waals surface area (Å²) in [6, 6.07) is 4.41. The van der Waals surface area contributed by atoms with Crippen molar-refractivity contribution in [3.63, 3.8) is 0 Å². The van der Waals surface area contributed by atoms with E-state index in [1.54, 1.807) is 18.1 Å². The van der Waals surface area contributed by atoms with Gasteiger partial charge in [-0.3, -0.25) is 14.5 Å². The molecule has 0 radical (unpaired) electrons. The molecule has 0 bridgehead atoms. The largest absolute Gasteiger partial charge is 0.383 e. The van der Waals surface area contributed by atoms with Crippen molar-refractivity contribution in [3.8, 4) is 6.07 Å². The van der Waals surface area contributed by atoms with Crippen LogP contribution in [0.4, 0.5) is 0 Å². The van der Waals surface area contributed by atoms with Gasteiger partial charge in [0.15, 0.2) is 0 Å². The number of piperazine rings is 1. The van der Waals surface area contributed by atoms with Gasteiger partial charge in [0.2, 0.25) is 5.91 Å². The summed E-state index contributed by atoms with van der Waals surface area (Å²) in [6.45, 7) is 13.2. The molecule has 1 aliphatic heterocycles. The lowest BCUT2D eigenvalue weighted by Crippen LogP contribution is -2.51. The van der Waals surface area contributed by atoms with E-state index in [0.29, 0.717) is 39.3 Å². The molecule has 176 valence electrons. The number of carbonyl (C=O) groups excluding carboxylic acids is 2. The van der Waals surface area contributed by atoms with Gasteiger partial charge in [-0.15, -0.1) is 0 Å². The van der Waals surface area contributed by atoms with E-state index in [4.69, 9.17) is 4.74 Å². The second-order valence-corrected chi connectivity index (χ2v) is 8.62. The molecule has 1 N–H and O–H groups in total. The quantitative estimate of drug-likeness (QED) is 0.467. The predicted octanol–water partition coefficient (Wildman–Crippen LogP) is 2.28. The average molecular weight is 444 g/mol. The van der Waals surface area contributed by atoms with Crippen molar-refractivity contribution in [1.82, 2.24) is 19.7 Å². The Morgan fingerprint density at radius 2 is 1.91 bits per heavy atom. The van der Waals surface area contributed by atoms with E-state index in [-0.39, 0.29) is 29.5 Å². The molecule has 0 spiro atoms. The molecular formula is C24H37N5O3. The predicted molar refractivity (Wildman–Crippen MR) is 125 cm³/mol. The molecule has 1 aromatic heterocycles. The third-order valence-electron chi connectivity index (χ3n) is 6.07. The SMILES string of the molecule is CCC(C)NC(=O)CN1CCN(C(=O)/C(C#N)=C\c2cc(C)n(C(C)COC)c2C)CC1. The van der Waals surface area contributed by atoms with Gasteiger partial charge in [0.1, 0.15) is 11.6 Å². The number of nitrogens with zero attached hydrogens (tertiary/aromatic N) is 4. The second-order valence-electron chi connectivity index (χ2n) is 8.62. The number of aryl methyl sites for hydroxylation is 1. The highest BCUT2D eigenvalue weighted by atomic mass is 16.5. The number of nitriles is 1. The van der Waals surface area contributed by atoms with Gasteiger partial charge >= 0.3 is 0 Å². The Balaban J connectivity index is 2.04. The maximum absolute atomic E-state index is 13.0. The first-order valence-corrected chi connectivity index (χ1v) is 11.3. The van der Waals surface area contributed by atoms with Gasteiger partial charge in [0.25, 0.3) is 5.91 Å². The number of carbonyl (C=O) groups is 2. The zero-order chi connectivity index (χ0) is 23.8. The third-order valence-corrected chi connectivity index (χ3v) is 6.07. The highest BCUT2D eigenvalue weighted by molar-refractivity contribution is 6.01. The Hall–Kier alpha value is -2.63. The summed E-state index contributed by atoms with van der Waals surface area (Å²) in [4.78, 5) is 28.8. The number of methoxy groups -OCH3 is 1. The first-order valence-electron chi connectivity index (χ1n) is 11.3. The molecule has 8 nitrogen and oxygen atoms in total. The monoisotopic (exact) mass is 443 g/mol. The molecule has 1 saturated heterocycles. The van der Waals surface area contributed by atoms with Crippen molar-refractivity contribution >= 4 is 17.9 Å². The van der Waals surface area contributed by atoms with Crippen molar-refractivity contribution in [3.05, 3.63) is 28.6 Å². The molecular weight excluding hydrogens is 406 g/mol. The molecule has 2 amide bonds. The van der Waals surface area contributed by atoms with E-state index in [0.717, 1.165) is 23.4 Å². The maximum atomic E-state index is 13.0. The number of aromatic nitrogens is 1. The molecule has 1 aromatic rings. The lowest BCUT2D eigenvalue weighted by atomic mass is 10.1. The van der Waals surface area contributed by atoms with Crippen LogP contribution >= 0.6 is 0 Å². The summed E-state index contributed by atoms with van der Waals surface area (Å²) in [7, 11) is 1.68. The minimum atomic E-state index is -0.258. The van der Waals surface area contributed by atoms with Gasteiger partial charge in [-0.2, -0.15) is 5.26 Å². The molecule has 2 rings (SSSR count). The fourth-order valence-corrected chi connectivity index (χ4v) is 4.15. The van der Waals surface area contributed by atoms with Crippen molar-refractivity contribution < 1.29 is 14.3 Å². The number of nitrogens with one attached hydrogen (secondary N) is 1. The first kappa shape index (κ1) is 25.6. The van der Waals surface area contributed by atoms with Gasteiger partial charge < -0.3 is 19.5 Å². The first-order chi connectivity index (χ1) is 15.2. The van der Waals surface area contributed by atoms with Crippen LogP contribution in [0.1, 0.15) is 50.2 Å². The van der Waals surface area contributed by atoms with Crippen LogP contribution in [0, 0.1) is 25.2 Å². The normalized spacial score (nSPS) is 17.0. The summed E-state index contributed by atoms with van der Waals surface area (Å²) in [5, 5.41) is 12.6. The standard InChI is InChI=1S/C24H37N5O3/c1-7-17(2)26-23(30)15-27-8-10-28(11-9-27)24(31)22(14-25)13-21-12-18(3)29(20(21)5)19(4)16-32-6/h12-13,17,19H,7-11,15-16H2,1-6H3,(H,26,30)/b22-13-. The molecule has 0 aliphatic carbocycles. The average Bonchev–Trinajstić information content (AvgIpc) is 3.04. The van der Waals surface area contributed by atoms with Crippen LogP contribution < -0.4 is 5.32 Å². The summed E-state index contributed by atoms with van der Waals surface area (Å²) in [5.41, 5.74) is 3.07. The molecule has 1 aliphatic rings. The molecule has 2 unspecified atom stereocenters. The highest BCUT2D eigenvalue weighted by Crippen LogP contribution is 2.23. The van der Waals surface area contributed by atoms with Crippen LogP contribution in [0.5, 0.6) is 0 Å². The second kappa shape index (κ2) is 11.8. The van der Waals surface area contributed by atoms with Crippen LogP contribution in [0.15, 0.2) is 11.6 Å². The summed E-state index contributed by atoms with van der Waals surface area (Å²) in [5.74, 6) is -0.249. The number of hydrogen-bond donors (Lipinski definition) is 1. The minimum absolute atomic E-state index is 0.00907. The van der Waals surface area contributed by atoms with Gasteiger partial charge in [-0.05, 0) is 51.8 Å². The maximum Gasteiger partial charge on any atom is 0.264 e. The molecule has 8 heteroatoms. The number of ether oxygens (including phenoxy) is 1. The molecule has 0 aromatic carbocycles. The fraction of sp³-hybridized carbons (Fsp3) is 0.625. The van der Waals surface area contributed by atoms with E-state index >= 15 is 0 Å². The molecule has 1 fully saturated rings. The zero-order valence-corrected chi connectivity index (χ0v) is 20.3. The lowest BCUT2D eigenvalue weighted by Gasteiger charge is -2.34. The van der Waals surface area contributed by atoms with E-state index < -0.39 is 0 Å². The van der Waals surface area contributed by atoms with Crippen LogP contribution in [0.25, 0.3) is 6.08 Å². The third kappa shape index (κ3) is 6.44. The number of rotatable bonds is 9. The Morgan fingerprint density at radius 3 is 2.47 bits per heavy atom. The summed E-state index contributed by atoms with van der Waals surface area (Å²) in [6.07, 6.45) is 2.58. The Kier molecular flexibility index (Phi) is 9.48. The Bertz CT molecular complexity index is 875. The molecule has 2 atom stereocenters. The number of hydrogen-bond acceptors (Lipinski definition) is 5. The van der Waals surface area contributed by atoms with Gasteiger partial charge in [-0.1, -0.05) is 6.92 Å². The van der Waals surface area contributed by atoms with Crippen LogP contribution in [0.2, 0.25) is 0 Å². The van der Waals surface area contributed by atoms with Gasteiger partial charge in [0, 0.05) is 50.7 Å². The summed E-state index contributed by atoms with van der Waals surface area (Å²) >= 11 is 0. The highest BCUT2D eigenvalue weighted by Gasteiger charge is 2.25. The van der Waals surface area contributed by atoms with Gasteiger partial charge in [-0.25, -0.2) is 0 Å². The zero-order valence-electron chi connectivity index (χ0n) is 20.3. The topological polar surface area (TPSA) is 90.6 Å². The van der Waals surface area contributed by atoms with Crippen LogP contribution in [-0.4, -0.2) is 78.7 Å². The molecule has 0 saturated carbocycles. The van der Waals surface area contributed by atoms with Crippen molar-refractivity contribution in [2.45, 2.75) is 53.1 Å². The van der Waals surface area contributed by atoms with E-state index in [1.807, 2.05) is 38.7 Å². The van der Waals surface area contributed by atoms with Crippen molar-refractivity contribution in [2.75, 3.05) is 46.4 Å². The van der Waals surface area contributed by atoms with E-state index in [9.17, 15) is 14.9 Å². The van der Waals surface area contributed by atoms with Crippen LogP contribution in [0.3, 0.4) is 0 Å². The molecule has 2 heterocycles. The summed E-state index contributed by atoms with van der Waals surface area (Å²) < 4.78 is 7.44. The minimum Gasteiger partial charge on any atom is -0.383 e. The smallest absolute Gasteiger partial charge is 0.264 e. The van der Waals surface area contributed by atoms with E-state index in [1.165, 1.54) is 0 Å².